The van der Waals surface area contributed by atoms with E-state index in [9.17, 15) is 21.6 Å². The quantitative estimate of drug-likeness (QED) is 0.929. The van der Waals surface area contributed by atoms with Crippen molar-refractivity contribution in [2.75, 3.05) is 4.72 Å². The predicted octanol–water partition coefficient (Wildman–Crippen LogP) is 2.48. The van der Waals surface area contributed by atoms with Crippen LogP contribution in [0.5, 0.6) is 0 Å². The average molecular weight is 290 g/mol. The first-order valence-electron chi connectivity index (χ1n) is 5.37. The number of halogens is 3. The van der Waals surface area contributed by atoms with Crippen LogP contribution in [0, 0.1) is 11.3 Å². The fraction of sp³-hybridized carbons (Fsp3) is 0.364. The molecular weight excluding hydrogens is 281 g/mol. The third kappa shape index (κ3) is 2.98. The van der Waals surface area contributed by atoms with Crippen LogP contribution < -0.4 is 4.72 Å². The maximum atomic E-state index is 12.7. The van der Waals surface area contributed by atoms with Crippen molar-refractivity contribution in [1.29, 1.82) is 5.26 Å². The summed E-state index contributed by atoms with van der Waals surface area (Å²) < 4.78 is 63.4. The molecule has 0 spiro atoms. The lowest BCUT2D eigenvalue weighted by molar-refractivity contribution is -0.137. The first kappa shape index (κ1) is 13.7. The minimum atomic E-state index is -4.70. The zero-order valence-corrected chi connectivity index (χ0v) is 10.3. The Hall–Kier alpha value is -1.75. The minimum absolute atomic E-state index is 0.182. The van der Waals surface area contributed by atoms with E-state index < -0.39 is 32.6 Å². The number of benzene rings is 1. The second kappa shape index (κ2) is 4.42. The van der Waals surface area contributed by atoms with E-state index in [0.29, 0.717) is 18.9 Å². The number of rotatable bonds is 3. The van der Waals surface area contributed by atoms with Crippen LogP contribution in [0.1, 0.15) is 24.0 Å². The van der Waals surface area contributed by atoms with Crippen LogP contribution >= 0.6 is 0 Å². The van der Waals surface area contributed by atoms with E-state index in [1.807, 2.05) is 0 Å². The Kier molecular flexibility index (Phi) is 3.18. The Morgan fingerprint density at radius 2 is 1.95 bits per heavy atom. The molecule has 0 aromatic heterocycles. The molecule has 19 heavy (non-hydrogen) atoms. The van der Waals surface area contributed by atoms with Gasteiger partial charge in [0.25, 0.3) is 0 Å². The molecule has 102 valence electrons. The van der Waals surface area contributed by atoms with Crippen LogP contribution in [0.25, 0.3) is 0 Å². The molecule has 1 fully saturated rings. The molecule has 0 radical (unpaired) electrons. The Labute approximate surface area is 107 Å². The highest BCUT2D eigenvalue weighted by Crippen LogP contribution is 2.35. The lowest BCUT2D eigenvalue weighted by Gasteiger charge is -2.12. The average Bonchev–Trinajstić information content (AvgIpc) is 3.11. The largest absolute Gasteiger partial charge is 0.417 e. The van der Waals surface area contributed by atoms with E-state index in [2.05, 4.69) is 4.72 Å². The van der Waals surface area contributed by atoms with Crippen molar-refractivity contribution in [1.82, 2.24) is 0 Å². The monoisotopic (exact) mass is 290 g/mol. The Morgan fingerprint density at radius 1 is 1.32 bits per heavy atom. The van der Waals surface area contributed by atoms with Crippen LogP contribution in [0.3, 0.4) is 0 Å². The van der Waals surface area contributed by atoms with E-state index in [1.165, 1.54) is 6.07 Å². The summed E-state index contributed by atoms with van der Waals surface area (Å²) in [6.07, 6.45) is -3.68. The number of alkyl halides is 3. The van der Waals surface area contributed by atoms with Gasteiger partial charge in [0.1, 0.15) is 0 Å². The molecule has 4 nitrogen and oxygen atoms in total. The van der Waals surface area contributed by atoms with Gasteiger partial charge in [-0.2, -0.15) is 18.4 Å². The molecular formula is C11H9F3N2O2S. The number of hydrogen-bond acceptors (Lipinski definition) is 3. The molecule has 2 rings (SSSR count). The Morgan fingerprint density at radius 3 is 2.42 bits per heavy atom. The third-order valence-corrected chi connectivity index (χ3v) is 4.54. The summed E-state index contributed by atoms with van der Waals surface area (Å²) >= 11 is 0. The van der Waals surface area contributed by atoms with Crippen molar-refractivity contribution in [2.45, 2.75) is 24.3 Å². The van der Waals surface area contributed by atoms with Gasteiger partial charge in [-0.15, -0.1) is 0 Å². The van der Waals surface area contributed by atoms with Gasteiger partial charge in [-0.25, -0.2) is 8.42 Å². The smallest absolute Gasteiger partial charge is 0.283 e. The van der Waals surface area contributed by atoms with Gasteiger partial charge in [0.2, 0.25) is 10.0 Å². The molecule has 1 aromatic rings. The van der Waals surface area contributed by atoms with Crippen molar-refractivity contribution in [3.8, 4) is 6.07 Å². The van der Waals surface area contributed by atoms with Gasteiger partial charge >= 0.3 is 6.18 Å². The normalized spacial score (nSPS) is 15.9. The van der Waals surface area contributed by atoms with E-state index in [4.69, 9.17) is 5.26 Å². The summed E-state index contributed by atoms with van der Waals surface area (Å²) in [5.41, 5.74) is -1.87. The number of anilines is 1. The van der Waals surface area contributed by atoms with Gasteiger partial charge in [-0.3, -0.25) is 4.72 Å². The first-order valence-corrected chi connectivity index (χ1v) is 6.91. The molecule has 1 aliphatic rings. The number of hydrogen-bond donors (Lipinski definition) is 1. The number of nitriles is 1. The van der Waals surface area contributed by atoms with Crippen molar-refractivity contribution < 1.29 is 21.6 Å². The molecule has 0 atom stereocenters. The Balaban J connectivity index is 2.36. The molecule has 1 aromatic carbocycles. The van der Waals surface area contributed by atoms with E-state index >= 15 is 0 Å². The summed E-state index contributed by atoms with van der Waals surface area (Å²) in [5, 5.41) is 8.08. The van der Waals surface area contributed by atoms with E-state index in [0.717, 1.165) is 12.1 Å². The lowest BCUT2D eigenvalue weighted by Crippen LogP contribution is -2.18. The van der Waals surface area contributed by atoms with Crippen molar-refractivity contribution in [2.24, 2.45) is 0 Å². The molecule has 0 heterocycles. The highest BCUT2D eigenvalue weighted by Gasteiger charge is 2.37. The predicted molar refractivity (Wildman–Crippen MR) is 61.7 cm³/mol. The maximum Gasteiger partial charge on any atom is 0.417 e. The van der Waals surface area contributed by atoms with Crippen LogP contribution in [0.2, 0.25) is 0 Å². The second-order valence-corrected chi connectivity index (χ2v) is 6.18. The summed E-state index contributed by atoms with van der Waals surface area (Å²) in [7, 11) is -3.62. The molecule has 0 amide bonds. The summed E-state index contributed by atoms with van der Waals surface area (Å²) in [5.74, 6) is 0. The molecule has 1 N–H and O–H groups in total. The highest BCUT2D eigenvalue weighted by molar-refractivity contribution is 7.93. The molecule has 1 saturated carbocycles. The van der Waals surface area contributed by atoms with E-state index in [1.54, 1.807) is 0 Å². The molecule has 0 saturated heterocycles. The SMILES string of the molecule is N#Cc1ccc(NS(=O)(=O)C2CC2)cc1C(F)(F)F. The van der Waals surface area contributed by atoms with Gasteiger partial charge in [-0.1, -0.05) is 0 Å². The topological polar surface area (TPSA) is 70.0 Å². The summed E-state index contributed by atoms with van der Waals surface area (Å²) in [4.78, 5) is 0. The van der Waals surface area contributed by atoms with Crippen LogP contribution in [-0.4, -0.2) is 13.7 Å². The van der Waals surface area contributed by atoms with E-state index in [-0.39, 0.29) is 5.69 Å². The van der Waals surface area contributed by atoms with Crippen LogP contribution in [0.15, 0.2) is 18.2 Å². The fourth-order valence-electron chi connectivity index (χ4n) is 1.57. The van der Waals surface area contributed by atoms with Crippen molar-refractivity contribution in [3.63, 3.8) is 0 Å². The second-order valence-electron chi connectivity index (χ2n) is 4.22. The number of nitrogens with zero attached hydrogens (tertiary/aromatic N) is 1. The van der Waals surface area contributed by atoms with Crippen LogP contribution in [0.4, 0.5) is 18.9 Å². The fourth-order valence-corrected chi connectivity index (χ4v) is 2.94. The first-order chi connectivity index (χ1) is 8.74. The molecule has 8 heteroatoms. The summed E-state index contributed by atoms with van der Waals surface area (Å²) in [6, 6.07) is 4.17. The lowest BCUT2D eigenvalue weighted by atomic mass is 10.1. The van der Waals surface area contributed by atoms with Crippen molar-refractivity contribution in [3.05, 3.63) is 29.3 Å². The molecule has 0 aliphatic heterocycles. The molecule has 1 aliphatic carbocycles. The zero-order chi connectivity index (χ0) is 14.3. The third-order valence-electron chi connectivity index (χ3n) is 2.67. The zero-order valence-electron chi connectivity index (χ0n) is 9.53. The molecule has 0 unspecified atom stereocenters. The Bertz CT molecular complexity index is 643. The van der Waals surface area contributed by atoms with Gasteiger partial charge in [0, 0.05) is 5.69 Å². The standard InChI is InChI=1S/C11H9F3N2O2S/c12-11(13,14)10-5-8(2-1-7(10)6-15)16-19(17,18)9-3-4-9/h1-2,5,9,16H,3-4H2. The maximum absolute atomic E-state index is 12.7. The highest BCUT2D eigenvalue weighted by atomic mass is 32.2. The summed E-state index contributed by atoms with van der Waals surface area (Å²) in [6.45, 7) is 0. The van der Waals surface area contributed by atoms with Crippen molar-refractivity contribution >= 4 is 15.7 Å². The van der Waals surface area contributed by atoms with Gasteiger partial charge in [0.15, 0.2) is 0 Å². The van der Waals surface area contributed by atoms with Gasteiger partial charge in [-0.05, 0) is 31.0 Å². The number of sulfonamides is 1. The molecule has 0 bridgehead atoms. The number of nitrogens with one attached hydrogen (secondary N) is 1. The van der Waals surface area contributed by atoms with Gasteiger partial charge in [0.05, 0.1) is 22.4 Å². The van der Waals surface area contributed by atoms with Gasteiger partial charge < -0.3 is 0 Å². The minimum Gasteiger partial charge on any atom is -0.283 e. The van der Waals surface area contributed by atoms with Crippen LogP contribution in [-0.2, 0) is 16.2 Å².